The van der Waals surface area contributed by atoms with Crippen LogP contribution in [0.15, 0.2) is 24.3 Å². The lowest BCUT2D eigenvalue weighted by Gasteiger charge is -2.22. The number of cyclic esters (lactones) is 1. The summed E-state index contributed by atoms with van der Waals surface area (Å²) in [6, 6.07) is 7.27. The number of rotatable bonds is 3. The molecule has 0 N–H and O–H groups in total. The SMILES string of the molecule is Cc1ccc([C@@H](Cl)C(=O)O[C@H]2C(=O)OCC2(C)C)cc1. The Morgan fingerprint density at radius 2 is 2.00 bits per heavy atom. The summed E-state index contributed by atoms with van der Waals surface area (Å²) in [5.41, 5.74) is 1.19. The number of halogens is 1. The maximum Gasteiger partial charge on any atom is 0.348 e. The van der Waals surface area contributed by atoms with Gasteiger partial charge in [-0.2, -0.15) is 0 Å². The van der Waals surface area contributed by atoms with E-state index in [4.69, 9.17) is 21.1 Å². The van der Waals surface area contributed by atoms with Crippen molar-refractivity contribution in [2.45, 2.75) is 32.3 Å². The van der Waals surface area contributed by atoms with Gasteiger partial charge in [0.1, 0.15) is 6.61 Å². The fourth-order valence-electron chi connectivity index (χ4n) is 1.98. The summed E-state index contributed by atoms with van der Waals surface area (Å²) in [6.07, 6.45) is -0.901. The molecule has 0 radical (unpaired) electrons. The molecule has 1 heterocycles. The maximum absolute atomic E-state index is 12.1. The van der Waals surface area contributed by atoms with E-state index in [0.717, 1.165) is 5.56 Å². The summed E-state index contributed by atoms with van der Waals surface area (Å²) in [5, 5.41) is -0.931. The van der Waals surface area contributed by atoms with Crippen molar-refractivity contribution < 1.29 is 19.1 Å². The van der Waals surface area contributed by atoms with Gasteiger partial charge in [-0.05, 0) is 12.5 Å². The molecule has 0 saturated carbocycles. The van der Waals surface area contributed by atoms with Crippen LogP contribution in [0.2, 0.25) is 0 Å². The molecule has 0 amide bonds. The maximum atomic E-state index is 12.1. The lowest BCUT2D eigenvalue weighted by atomic mass is 9.90. The quantitative estimate of drug-likeness (QED) is 0.636. The van der Waals surface area contributed by atoms with E-state index in [-0.39, 0.29) is 6.61 Å². The van der Waals surface area contributed by atoms with Gasteiger partial charge < -0.3 is 9.47 Å². The topological polar surface area (TPSA) is 52.6 Å². The van der Waals surface area contributed by atoms with Crippen LogP contribution in [0.5, 0.6) is 0 Å². The van der Waals surface area contributed by atoms with Crippen molar-refractivity contribution in [2.24, 2.45) is 5.41 Å². The van der Waals surface area contributed by atoms with Gasteiger partial charge in [0.15, 0.2) is 5.38 Å². The largest absolute Gasteiger partial charge is 0.462 e. The molecule has 108 valence electrons. The number of carbonyl (C=O) groups is 2. The number of hydrogen-bond acceptors (Lipinski definition) is 4. The molecule has 1 aliphatic heterocycles. The third-order valence-electron chi connectivity index (χ3n) is 3.32. The van der Waals surface area contributed by atoms with Crippen molar-refractivity contribution in [1.82, 2.24) is 0 Å². The second-order valence-corrected chi connectivity index (χ2v) is 6.12. The zero-order valence-electron chi connectivity index (χ0n) is 11.7. The lowest BCUT2D eigenvalue weighted by Crippen LogP contribution is -2.35. The number of hydrogen-bond donors (Lipinski definition) is 0. The highest BCUT2D eigenvalue weighted by Crippen LogP contribution is 2.33. The second kappa shape index (κ2) is 5.44. The molecule has 0 bridgehead atoms. The Balaban J connectivity index is 2.08. The van der Waals surface area contributed by atoms with Crippen molar-refractivity contribution in [2.75, 3.05) is 6.61 Å². The first-order chi connectivity index (χ1) is 9.31. The summed E-state index contributed by atoms with van der Waals surface area (Å²) in [5.74, 6) is -1.15. The van der Waals surface area contributed by atoms with Gasteiger partial charge in [0.25, 0.3) is 0 Å². The summed E-state index contributed by atoms with van der Waals surface area (Å²) in [4.78, 5) is 23.6. The molecule has 1 saturated heterocycles. The first kappa shape index (κ1) is 14.9. The summed E-state index contributed by atoms with van der Waals surface area (Å²) < 4.78 is 10.2. The van der Waals surface area contributed by atoms with Crippen molar-refractivity contribution in [3.8, 4) is 0 Å². The van der Waals surface area contributed by atoms with Crippen LogP contribution in [-0.4, -0.2) is 24.6 Å². The molecule has 2 rings (SSSR count). The predicted molar refractivity (Wildman–Crippen MR) is 74.4 cm³/mol. The van der Waals surface area contributed by atoms with E-state index in [2.05, 4.69) is 0 Å². The van der Waals surface area contributed by atoms with Gasteiger partial charge in [-0.25, -0.2) is 4.79 Å². The third-order valence-corrected chi connectivity index (χ3v) is 3.75. The molecule has 1 aromatic carbocycles. The zero-order chi connectivity index (χ0) is 14.9. The Bertz CT molecular complexity index is 521. The molecule has 0 spiro atoms. The minimum atomic E-state index is -0.931. The molecular weight excluding hydrogens is 280 g/mol. The highest BCUT2D eigenvalue weighted by molar-refractivity contribution is 6.30. The second-order valence-electron chi connectivity index (χ2n) is 5.69. The van der Waals surface area contributed by atoms with Crippen molar-refractivity contribution in [3.05, 3.63) is 35.4 Å². The minimum absolute atomic E-state index is 0.237. The number of aryl methyl sites for hydroxylation is 1. The minimum Gasteiger partial charge on any atom is -0.462 e. The first-order valence-corrected chi connectivity index (χ1v) is 6.83. The molecule has 20 heavy (non-hydrogen) atoms. The van der Waals surface area contributed by atoms with Crippen LogP contribution in [0.4, 0.5) is 0 Å². The van der Waals surface area contributed by atoms with E-state index in [1.54, 1.807) is 12.1 Å². The number of carbonyl (C=O) groups excluding carboxylic acids is 2. The molecule has 1 aliphatic rings. The highest BCUT2D eigenvalue weighted by Gasteiger charge is 2.47. The Hall–Kier alpha value is -1.55. The van der Waals surface area contributed by atoms with Crippen LogP contribution < -0.4 is 0 Å². The van der Waals surface area contributed by atoms with Crippen LogP contribution in [0.25, 0.3) is 0 Å². The first-order valence-electron chi connectivity index (χ1n) is 6.39. The Morgan fingerprint density at radius 3 is 2.50 bits per heavy atom. The fourth-order valence-corrected chi connectivity index (χ4v) is 2.18. The van der Waals surface area contributed by atoms with Gasteiger partial charge in [0, 0.05) is 5.41 Å². The number of ether oxygens (including phenoxy) is 2. The van der Waals surface area contributed by atoms with E-state index < -0.39 is 28.8 Å². The van der Waals surface area contributed by atoms with Crippen molar-refractivity contribution >= 4 is 23.5 Å². The van der Waals surface area contributed by atoms with Gasteiger partial charge in [-0.3, -0.25) is 4.79 Å². The molecular formula is C15H17ClO4. The van der Waals surface area contributed by atoms with E-state index in [1.165, 1.54) is 0 Å². The fraction of sp³-hybridized carbons (Fsp3) is 0.467. The average Bonchev–Trinajstić information content (AvgIpc) is 2.65. The molecule has 1 fully saturated rings. The Labute approximate surface area is 123 Å². The van der Waals surface area contributed by atoms with Gasteiger partial charge >= 0.3 is 11.9 Å². The molecule has 4 nitrogen and oxygen atoms in total. The standard InChI is InChI=1S/C15H17ClO4/c1-9-4-6-10(7-5-9)11(16)13(17)20-12-14(18)19-8-15(12,2)3/h4-7,11-12H,8H2,1-3H3/t11-,12+/m1/s1. The van der Waals surface area contributed by atoms with Crippen LogP contribution >= 0.6 is 11.6 Å². The summed E-state index contributed by atoms with van der Waals surface area (Å²) in [6.45, 7) is 5.81. The van der Waals surface area contributed by atoms with Crippen LogP contribution in [0.1, 0.15) is 30.4 Å². The lowest BCUT2D eigenvalue weighted by molar-refractivity contribution is -0.162. The molecule has 1 aromatic rings. The number of alkyl halides is 1. The molecule has 0 unspecified atom stereocenters. The molecule has 2 atom stereocenters. The monoisotopic (exact) mass is 296 g/mol. The van der Waals surface area contributed by atoms with E-state index in [1.807, 2.05) is 32.9 Å². The molecule has 0 aliphatic carbocycles. The Kier molecular flexibility index (Phi) is 4.04. The van der Waals surface area contributed by atoms with Gasteiger partial charge in [-0.15, -0.1) is 11.6 Å². The average molecular weight is 297 g/mol. The third kappa shape index (κ3) is 2.96. The van der Waals surface area contributed by atoms with Crippen LogP contribution in [0, 0.1) is 12.3 Å². The smallest absolute Gasteiger partial charge is 0.348 e. The van der Waals surface area contributed by atoms with E-state index in [0.29, 0.717) is 5.56 Å². The summed E-state index contributed by atoms with van der Waals surface area (Å²) in [7, 11) is 0. The summed E-state index contributed by atoms with van der Waals surface area (Å²) >= 11 is 6.10. The zero-order valence-corrected chi connectivity index (χ0v) is 12.4. The van der Waals surface area contributed by atoms with Crippen molar-refractivity contribution in [1.29, 1.82) is 0 Å². The van der Waals surface area contributed by atoms with Crippen LogP contribution in [0.3, 0.4) is 0 Å². The van der Waals surface area contributed by atoms with Crippen molar-refractivity contribution in [3.63, 3.8) is 0 Å². The van der Waals surface area contributed by atoms with E-state index >= 15 is 0 Å². The molecule has 5 heteroatoms. The normalized spacial score (nSPS) is 22.2. The van der Waals surface area contributed by atoms with Gasteiger partial charge in [0.05, 0.1) is 0 Å². The molecule has 0 aromatic heterocycles. The van der Waals surface area contributed by atoms with E-state index in [9.17, 15) is 9.59 Å². The highest BCUT2D eigenvalue weighted by atomic mass is 35.5. The Morgan fingerprint density at radius 1 is 1.40 bits per heavy atom. The predicted octanol–water partition coefficient (Wildman–Crippen LogP) is 2.77. The van der Waals surface area contributed by atoms with Gasteiger partial charge in [0.2, 0.25) is 6.10 Å². The number of benzene rings is 1. The van der Waals surface area contributed by atoms with Gasteiger partial charge in [-0.1, -0.05) is 43.7 Å². The number of esters is 2. The van der Waals surface area contributed by atoms with Crippen LogP contribution in [-0.2, 0) is 19.1 Å².